The molecule has 0 N–H and O–H groups in total. The fraction of sp³-hybridized carbons (Fsp3) is 0.357. The Morgan fingerprint density at radius 1 is 1.47 bits per heavy atom. The third-order valence-electron chi connectivity index (χ3n) is 2.89. The number of carbonyl (C=O) groups is 1. The average molecular weight is 327 g/mol. The molecule has 0 bridgehead atoms. The van der Waals surface area contributed by atoms with Gasteiger partial charge in [0.2, 0.25) is 5.79 Å². The Hall–Kier alpha value is -1.33. The van der Waals surface area contributed by atoms with Crippen molar-refractivity contribution in [3.05, 3.63) is 33.8 Å². The van der Waals surface area contributed by atoms with Crippen molar-refractivity contribution in [2.24, 2.45) is 0 Å². The number of ether oxygens (including phenoxy) is 3. The molecule has 0 saturated carbocycles. The Bertz CT molecular complexity index is 538. The smallest absolute Gasteiger partial charge is 0.340 e. The second-order valence-electron chi connectivity index (χ2n) is 4.21. The van der Waals surface area contributed by atoms with E-state index in [2.05, 4.69) is 15.9 Å². The highest BCUT2D eigenvalue weighted by Gasteiger charge is 2.40. The number of carbonyl (C=O) groups excluding carboxylic acids is 1. The number of fused-ring (bicyclic) bond motifs is 1. The summed E-state index contributed by atoms with van der Waals surface area (Å²) < 4.78 is 17.1. The molecule has 5 heteroatoms. The zero-order chi connectivity index (χ0) is 14.0. The summed E-state index contributed by atoms with van der Waals surface area (Å²) in [6, 6.07) is 5.59. The Labute approximate surface area is 120 Å². The molecule has 102 valence electrons. The third kappa shape index (κ3) is 2.67. The summed E-state index contributed by atoms with van der Waals surface area (Å²) in [5, 5.41) is 0. The van der Waals surface area contributed by atoms with Crippen LogP contribution in [0.25, 0.3) is 6.08 Å². The van der Waals surface area contributed by atoms with Gasteiger partial charge in [-0.3, -0.25) is 0 Å². The quantitative estimate of drug-likeness (QED) is 0.800. The van der Waals surface area contributed by atoms with E-state index in [0.717, 1.165) is 10.0 Å². The maximum atomic E-state index is 11.9. The number of halogens is 1. The van der Waals surface area contributed by atoms with Gasteiger partial charge in [0, 0.05) is 23.6 Å². The molecular formula is C14H15BrO4. The first-order chi connectivity index (χ1) is 9.00. The molecule has 19 heavy (non-hydrogen) atoms. The molecular weight excluding hydrogens is 312 g/mol. The molecule has 1 atom stereocenters. The highest BCUT2D eigenvalue weighted by molar-refractivity contribution is 9.10. The Morgan fingerprint density at radius 2 is 2.21 bits per heavy atom. The largest absolute Gasteiger partial charge is 0.465 e. The number of rotatable bonds is 3. The molecule has 1 aromatic carbocycles. The van der Waals surface area contributed by atoms with Gasteiger partial charge in [0.05, 0.1) is 7.11 Å². The van der Waals surface area contributed by atoms with E-state index in [1.54, 1.807) is 13.0 Å². The molecule has 1 aromatic rings. The first-order valence-electron chi connectivity index (χ1n) is 5.93. The van der Waals surface area contributed by atoms with Gasteiger partial charge in [0.15, 0.2) is 0 Å². The van der Waals surface area contributed by atoms with Gasteiger partial charge in [0.1, 0.15) is 11.3 Å². The topological polar surface area (TPSA) is 44.8 Å². The maximum Gasteiger partial charge on any atom is 0.340 e. The SMILES string of the molecule is CCOC1(C)Oc2ccc(Br)cc2C=C1C(=O)OC. The summed E-state index contributed by atoms with van der Waals surface area (Å²) in [5.41, 5.74) is 1.16. The second kappa shape index (κ2) is 5.35. The van der Waals surface area contributed by atoms with Gasteiger partial charge in [0.25, 0.3) is 0 Å². The van der Waals surface area contributed by atoms with Crippen LogP contribution in [-0.4, -0.2) is 25.5 Å². The van der Waals surface area contributed by atoms with Crippen LogP contribution in [-0.2, 0) is 14.3 Å². The summed E-state index contributed by atoms with van der Waals surface area (Å²) in [4.78, 5) is 11.9. The van der Waals surface area contributed by atoms with Crippen LogP contribution >= 0.6 is 15.9 Å². The minimum atomic E-state index is -1.12. The molecule has 1 aliphatic rings. The van der Waals surface area contributed by atoms with Crippen molar-refractivity contribution in [3.8, 4) is 5.75 Å². The highest BCUT2D eigenvalue weighted by Crippen LogP contribution is 2.38. The van der Waals surface area contributed by atoms with E-state index in [4.69, 9.17) is 14.2 Å². The summed E-state index contributed by atoms with van der Waals surface area (Å²) in [7, 11) is 1.34. The van der Waals surface area contributed by atoms with Gasteiger partial charge < -0.3 is 14.2 Å². The van der Waals surface area contributed by atoms with Crippen molar-refractivity contribution in [2.45, 2.75) is 19.6 Å². The molecule has 0 aliphatic carbocycles. The van der Waals surface area contributed by atoms with Gasteiger partial charge in [-0.1, -0.05) is 15.9 Å². The lowest BCUT2D eigenvalue weighted by Gasteiger charge is -2.34. The Morgan fingerprint density at radius 3 is 2.84 bits per heavy atom. The first kappa shape index (κ1) is 14.1. The van der Waals surface area contributed by atoms with Crippen LogP contribution in [0.4, 0.5) is 0 Å². The van der Waals surface area contributed by atoms with E-state index in [1.807, 2.05) is 25.1 Å². The minimum Gasteiger partial charge on any atom is -0.465 e. The molecule has 0 amide bonds. The highest BCUT2D eigenvalue weighted by atomic mass is 79.9. The van der Waals surface area contributed by atoms with Crippen molar-refractivity contribution in [1.82, 2.24) is 0 Å². The molecule has 0 aromatic heterocycles. The van der Waals surface area contributed by atoms with Crippen molar-refractivity contribution < 1.29 is 19.0 Å². The molecule has 0 spiro atoms. The van der Waals surface area contributed by atoms with E-state index in [1.165, 1.54) is 7.11 Å². The molecule has 0 fully saturated rings. The summed E-state index contributed by atoms with van der Waals surface area (Å²) in [6.45, 7) is 3.99. The summed E-state index contributed by atoms with van der Waals surface area (Å²) in [6.07, 6.45) is 1.74. The van der Waals surface area contributed by atoms with Crippen LogP contribution in [0.3, 0.4) is 0 Å². The number of hydrogen-bond acceptors (Lipinski definition) is 4. The van der Waals surface area contributed by atoms with Crippen molar-refractivity contribution >= 4 is 28.0 Å². The van der Waals surface area contributed by atoms with Gasteiger partial charge in [-0.25, -0.2) is 4.79 Å². The molecule has 2 rings (SSSR count). The average Bonchev–Trinajstić information content (AvgIpc) is 2.38. The van der Waals surface area contributed by atoms with Crippen molar-refractivity contribution in [2.75, 3.05) is 13.7 Å². The zero-order valence-corrected chi connectivity index (χ0v) is 12.6. The van der Waals surface area contributed by atoms with Crippen LogP contribution in [0.2, 0.25) is 0 Å². The predicted molar refractivity (Wildman–Crippen MR) is 74.8 cm³/mol. The van der Waals surface area contributed by atoms with Gasteiger partial charge in [-0.15, -0.1) is 0 Å². The number of hydrogen-bond donors (Lipinski definition) is 0. The van der Waals surface area contributed by atoms with E-state index in [-0.39, 0.29) is 0 Å². The van der Waals surface area contributed by atoms with E-state index in [9.17, 15) is 4.79 Å². The van der Waals surface area contributed by atoms with Crippen LogP contribution in [0.5, 0.6) is 5.75 Å². The normalized spacial score (nSPS) is 21.2. The number of benzene rings is 1. The van der Waals surface area contributed by atoms with Crippen LogP contribution in [0.15, 0.2) is 28.2 Å². The lowest BCUT2D eigenvalue weighted by Crippen LogP contribution is -2.43. The van der Waals surface area contributed by atoms with E-state index < -0.39 is 11.8 Å². The fourth-order valence-corrected chi connectivity index (χ4v) is 2.39. The fourth-order valence-electron chi connectivity index (χ4n) is 2.01. The lowest BCUT2D eigenvalue weighted by molar-refractivity contribution is -0.160. The molecule has 1 aliphatic heterocycles. The zero-order valence-electron chi connectivity index (χ0n) is 11.0. The Balaban J connectivity index is 2.52. The van der Waals surface area contributed by atoms with E-state index in [0.29, 0.717) is 17.9 Å². The van der Waals surface area contributed by atoms with Crippen molar-refractivity contribution in [1.29, 1.82) is 0 Å². The summed E-state index contributed by atoms with van der Waals surface area (Å²) in [5.74, 6) is -0.906. The van der Waals surface area contributed by atoms with Gasteiger partial charge in [-0.2, -0.15) is 0 Å². The van der Waals surface area contributed by atoms with E-state index >= 15 is 0 Å². The summed E-state index contributed by atoms with van der Waals surface area (Å²) >= 11 is 3.39. The van der Waals surface area contributed by atoms with Crippen LogP contribution < -0.4 is 4.74 Å². The number of esters is 1. The monoisotopic (exact) mass is 326 g/mol. The van der Waals surface area contributed by atoms with Crippen LogP contribution in [0, 0.1) is 0 Å². The molecule has 1 unspecified atom stereocenters. The number of methoxy groups -OCH3 is 1. The molecule has 4 nitrogen and oxygen atoms in total. The predicted octanol–water partition coefficient (Wildman–Crippen LogP) is 3.15. The van der Waals surface area contributed by atoms with Gasteiger partial charge in [-0.05, 0) is 31.2 Å². The van der Waals surface area contributed by atoms with Gasteiger partial charge >= 0.3 is 5.97 Å². The standard InChI is InChI=1S/C14H15BrO4/c1-4-18-14(2)11(13(16)17-3)8-9-7-10(15)5-6-12(9)19-14/h5-8H,4H2,1-3H3. The lowest BCUT2D eigenvalue weighted by atomic mass is 10.00. The maximum absolute atomic E-state index is 11.9. The molecule has 0 radical (unpaired) electrons. The molecule has 0 saturated heterocycles. The second-order valence-corrected chi connectivity index (χ2v) is 5.13. The third-order valence-corrected chi connectivity index (χ3v) is 3.38. The van der Waals surface area contributed by atoms with Crippen molar-refractivity contribution in [3.63, 3.8) is 0 Å². The minimum absolute atomic E-state index is 0.349. The molecule has 1 heterocycles. The first-order valence-corrected chi connectivity index (χ1v) is 6.72. The van der Waals surface area contributed by atoms with Crippen LogP contribution in [0.1, 0.15) is 19.4 Å². The Kier molecular flexibility index (Phi) is 3.96.